The molecule has 1 N–H and O–H groups in total. The number of nitrogens with one attached hydrogen (secondary N) is 1. The molecule has 11 nitrogen and oxygen atoms in total. The number of nitrogens with zero attached hydrogens (tertiary/aromatic N) is 3. The molecule has 0 aromatic heterocycles. The number of methoxy groups -OCH3 is 3. The number of benzene rings is 1. The van der Waals surface area contributed by atoms with E-state index in [-0.39, 0.29) is 24.3 Å². The number of hydrogen-bond donors (Lipinski definition) is 1. The summed E-state index contributed by atoms with van der Waals surface area (Å²) >= 11 is 0. The number of nitriles is 3. The lowest BCUT2D eigenvalue weighted by Gasteiger charge is -2.54. The molecule has 3 saturated heterocycles. The zero-order chi connectivity index (χ0) is 25.1. The summed E-state index contributed by atoms with van der Waals surface area (Å²) in [7, 11) is 4.32. The molecule has 0 amide bonds. The van der Waals surface area contributed by atoms with E-state index in [2.05, 4.69) is 18.2 Å². The van der Waals surface area contributed by atoms with Crippen LogP contribution in [0.25, 0.3) is 0 Å². The predicted molar refractivity (Wildman–Crippen MR) is 115 cm³/mol. The first-order valence-corrected chi connectivity index (χ1v) is 11.1. The van der Waals surface area contributed by atoms with E-state index in [1.807, 2.05) is 0 Å². The normalized spacial score (nSPS) is 33.5. The Labute approximate surface area is 202 Å². The third kappa shape index (κ3) is 2.65. The van der Waals surface area contributed by atoms with Gasteiger partial charge in [-0.15, -0.1) is 0 Å². The van der Waals surface area contributed by atoms with E-state index < -0.39 is 40.3 Å². The molecule has 182 valence electrons. The second-order valence-electron chi connectivity index (χ2n) is 8.98. The molecule has 3 aliphatic heterocycles. The van der Waals surface area contributed by atoms with Gasteiger partial charge in [-0.3, -0.25) is 5.41 Å². The highest BCUT2D eigenvalue weighted by atomic mass is 16.7. The van der Waals surface area contributed by atoms with E-state index in [0.717, 1.165) is 0 Å². The SMILES string of the molecule is COc1ccc(C2OC34CCC5(CC3C(C#N)(C(=N)O4)C2(C#N)C#N)OCCO5)c(OC)c1OC. The first-order chi connectivity index (χ1) is 16.9. The summed E-state index contributed by atoms with van der Waals surface area (Å²) in [6, 6.07) is 9.47. The maximum Gasteiger partial charge on any atom is 0.218 e. The van der Waals surface area contributed by atoms with Gasteiger partial charge in [0.05, 0.1) is 58.7 Å². The van der Waals surface area contributed by atoms with Gasteiger partial charge in [0.1, 0.15) is 6.10 Å². The van der Waals surface area contributed by atoms with Gasteiger partial charge < -0.3 is 33.2 Å². The van der Waals surface area contributed by atoms with Crippen LogP contribution in [0.3, 0.4) is 0 Å². The van der Waals surface area contributed by atoms with Gasteiger partial charge in [-0.25, -0.2) is 0 Å². The fraction of sp³-hybridized carbons (Fsp3) is 0.583. The zero-order valence-electron chi connectivity index (χ0n) is 19.5. The average Bonchev–Trinajstić information content (AvgIpc) is 3.41. The van der Waals surface area contributed by atoms with Gasteiger partial charge >= 0.3 is 0 Å². The van der Waals surface area contributed by atoms with Crippen LogP contribution in [0.1, 0.15) is 30.9 Å². The van der Waals surface area contributed by atoms with Gasteiger partial charge in [-0.05, 0) is 12.1 Å². The summed E-state index contributed by atoms with van der Waals surface area (Å²) in [6.07, 6.45) is -0.516. The summed E-state index contributed by atoms with van der Waals surface area (Å²) in [6.45, 7) is 0.789. The van der Waals surface area contributed by atoms with Crippen molar-refractivity contribution >= 4 is 5.90 Å². The predicted octanol–water partition coefficient (Wildman–Crippen LogP) is 2.57. The highest BCUT2D eigenvalue weighted by Gasteiger charge is 2.82. The second-order valence-corrected chi connectivity index (χ2v) is 8.98. The topological polar surface area (TPSA) is 160 Å². The molecule has 4 aliphatic rings. The van der Waals surface area contributed by atoms with Crippen LogP contribution < -0.4 is 14.2 Å². The van der Waals surface area contributed by atoms with Crippen LogP contribution >= 0.6 is 0 Å². The van der Waals surface area contributed by atoms with Crippen molar-refractivity contribution in [3.8, 4) is 35.5 Å². The standard InChI is InChI=1S/C24H24N4O7/c1-29-15-5-4-14(17(30-2)18(15)31-3)19-21(11-25,12-26)23(13-27)16-10-22(32-8-9-33-22)6-7-24(16,34-19)35-20(23)28/h4-5,16,19,28H,6-10H2,1-3H3. The van der Waals surface area contributed by atoms with Crippen molar-refractivity contribution in [2.24, 2.45) is 16.7 Å². The Bertz CT molecular complexity index is 1190. The third-order valence-electron chi connectivity index (χ3n) is 7.75. The highest BCUT2D eigenvalue weighted by Crippen LogP contribution is 2.71. The molecule has 1 aliphatic carbocycles. The van der Waals surface area contributed by atoms with Gasteiger partial charge in [0.2, 0.25) is 22.8 Å². The van der Waals surface area contributed by atoms with Crippen molar-refractivity contribution in [1.29, 1.82) is 21.2 Å². The highest BCUT2D eigenvalue weighted by molar-refractivity contribution is 5.89. The van der Waals surface area contributed by atoms with Gasteiger partial charge in [-0.1, -0.05) is 0 Å². The fourth-order valence-electron chi connectivity index (χ4n) is 6.16. The zero-order valence-corrected chi connectivity index (χ0v) is 19.5. The molecule has 1 aromatic rings. The molecule has 5 rings (SSSR count). The smallest absolute Gasteiger partial charge is 0.218 e. The largest absolute Gasteiger partial charge is 0.493 e. The minimum Gasteiger partial charge on any atom is -0.493 e. The Morgan fingerprint density at radius 1 is 0.943 bits per heavy atom. The Morgan fingerprint density at radius 3 is 2.20 bits per heavy atom. The average molecular weight is 480 g/mol. The summed E-state index contributed by atoms with van der Waals surface area (Å²) in [5.74, 6) is -2.91. The van der Waals surface area contributed by atoms with Crippen LogP contribution in [-0.4, -0.2) is 52.0 Å². The molecule has 35 heavy (non-hydrogen) atoms. The van der Waals surface area contributed by atoms with Gasteiger partial charge in [0.25, 0.3) is 0 Å². The Hall–Kier alpha value is -3.56. The molecule has 1 aromatic carbocycles. The molecule has 3 heterocycles. The molecular formula is C24H24N4O7. The van der Waals surface area contributed by atoms with Gasteiger partial charge in [-0.2, -0.15) is 15.8 Å². The van der Waals surface area contributed by atoms with Crippen molar-refractivity contribution in [2.45, 2.75) is 36.9 Å². The molecule has 1 spiro atoms. The van der Waals surface area contributed by atoms with E-state index in [1.165, 1.54) is 21.3 Å². The van der Waals surface area contributed by atoms with Gasteiger partial charge in [0.15, 0.2) is 22.7 Å². The van der Waals surface area contributed by atoms with E-state index in [1.54, 1.807) is 12.1 Å². The summed E-state index contributed by atoms with van der Waals surface area (Å²) < 4.78 is 40.8. The lowest BCUT2D eigenvalue weighted by molar-refractivity contribution is -0.330. The van der Waals surface area contributed by atoms with Crippen LogP contribution in [0.15, 0.2) is 12.1 Å². The number of ether oxygens (including phenoxy) is 7. The quantitative estimate of drug-likeness (QED) is 0.678. The summed E-state index contributed by atoms with van der Waals surface area (Å²) in [5, 5.41) is 40.4. The van der Waals surface area contributed by atoms with Crippen LogP contribution in [0, 0.1) is 56.2 Å². The van der Waals surface area contributed by atoms with Crippen molar-refractivity contribution in [2.75, 3.05) is 34.5 Å². The fourth-order valence-corrected chi connectivity index (χ4v) is 6.16. The van der Waals surface area contributed by atoms with E-state index >= 15 is 0 Å². The minimum absolute atomic E-state index is 0.143. The Kier molecular flexibility index (Phi) is 5.12. The molecule has 11 heteroatoms. The van der Waals surface area contributed by atoms with Crippen molar-refractivity contribution < 1.29 is 33.2 Å². The summed E-state index contributed by atoms with van der Waals surface area (Å²) in [4.78, 5) is 0. The Balaban J connectivity index is 1.75. The van der Waals surface area contributed by atoms with Crippen molar-refractivity contribution in [1.82, 2.24) is 0 Å². The number of rotatable bonds is 4. The van der Waals surface area contributed by atoms with E-state index in [9.17, 15) is 15.8 Å². The summed E-state index contributed by atoms with van der Waals surface area (Å²) in [5.41, 5.74) is -3.80. The van der Waals surface area contributed by atoms with Crippen LogP contribution in [-0.2, 0) is 18.9 Å². The van der Waals surface area contributed by atoms with Crippen LogP contribution in [0.5, 0.6) is 17.2 Å². The lowest BCUT2D eigenvalue weighted by atomic mass is 9.51. The number of hydrogen-bond acceptors (Lipinski definition) is 11. The first-order valence-electron chi connectivity index (χ1n) is 11.1. The maximum absolute atomic E-state index is 10.6. The Morgan fingerprint density at radius 2 is 1.63 bits per heavy atom. The molecule has 2 bridgehead atoms. The third-order valence-corrected chi connectivity index (χ3v) is 7.75. The molecule has 4 unspecified atom stereocenters. The second kappa shape index (κ2) is 7.73. The van der Waals surface area contributed by atoms with Crippen LogP contribution in [0.4, 0.5) is 0 Å². The van der Waals surface area contributed by atoms with Crippen molar-refractivity contribution in [3.05, 3.63) is 17.7 Å². The lowest BCUT2D eigenvalue weighted by Crippen LogP contribution is -2.63. The van der Waals surface area contributed by atoms with Gasteiger partial charge in [0, 0.05) is 24.8 Å². The molecule has 4 fully saturated rings. The van der Waals surface area contributed by atoms with E-state index in [4.69, 9.17) is 38.6 Å². The minimum atomic E-state index is -2.16. The maximum atomic E-state index is 10.6. The van der Waals surface area contributed by atoms with Crippen molar-refractivity contribution in [3.63, 3.8) is 0 Å². The van der Waals surface area contributed by atoms with E-state index in [0.29, 0.717) is 30.9 Å². The molecule has 0 radical (unpaired) electrons. The molecule has 4 atom stereocenters. The molecular weight excluding hydrogens is 456 g/mol. The monoisotopic (exact) mass is 480 g/mol. The van der Waals surface area contributed by atoms with Crippen LogP contribution in [0.2, 0.25) is 0 Å². The first kappa shape index (κ1) is 23.2. The molecule has 1 saturated carbocycles.